The molecule has 0 aromatic carbocycles. The number of hydrogen-bond donors (Lipinski definition) is 2. The molecule has 0 saturated carbocycles. The van der Waals surface area contributed by atoms with Crippen LogP contribution < -0.4 is 16.0 Å². The molecule has 0 saturated heterocycles. The average Bonchev–Trinajstić information content (AvgIpc) is 2.26. The maximum absolute atomic E-state index is 13.5. The first-order valence-corrected chi connectivity index (χ1v) is 5.55. The molecule has 0 spiro atoms. The monoisotopic (exact) mass is 258 g/mol. The van der Waals surface area contributed by atoms with Gasteiger partial charge in [0.15, 0.2) is 23.3 Å². The van der Waals surface area contributed by atoms with Crippen molar-refractivity contribution in [1.29, 1.82) is 0 Å². The third kappa shape index (κ3) is 3.54. The van der Waals surface area contributed by atoms with Crippen molar-refractivity contribution in [2.24, 2.45) is 5.73 Å². The van der Waals surface area contributed by atoms with Crippen LogP contribution in [0.5, 0.6) is 0 Å². The highest BCUT2D eigenvalue weighted by Gasteiger charge is 2.16. The molecule has 3 N–H and O–H groups in total. The van der Waals surface area contributed by atoms with Gasteiger partial charge in [-0.2, -0.15) is 0 Å². The van der Waals surface area contributed by atoms with Crippen LogP contribution in [-0.2, 0) is 4.79 Å². The summed E-state index contributed by atoms with van der Waals surface area (Å²) in [4.78, 5) is 15.8. The fourth-order valence-corrected chi connectivity index (χ4v) is 1.40. The van der Waals surface area contributed by atoms with Gasteiger partial charge in [0.1, 0.15) is 0 Å². The van der Waals surface area contributed by atoms with Crippen molar-refractivity contribution in [1.82, 2.24) is 4.98 Å². The number of nitrogens with two attached hydrogens (primary N) is 1. The van der Waals surface area contributed by atoms with E-state index in [2.05, 4.69) is 10.3 Å². The van der Waals surface area contributed by atoms with E-state index in [4.69, 9.17) is 5.73 Å². The summed E-state index contributed by atoms with van der Waals surface area (Å²) < 4.78 is 26.9. The lowest BCUT2D eigenvalue weighted by molar-refractivity contribution is -0.116. The van der Waals surface area contributed by atoms with Gasteiger partial charge in [-0.05, 0) is 6.42 Å². The molecule has 1 amide bonds. The Morgan fingerprint density at radius 3 is 2.72 bits per heavy atom. The zero-order chi connectivity index (χ0) is 13.7. The number of likely N-dealkylation sites (N-methyl/N-ethyl adjacent to an activating group) is 1. The fraction of sp³-hybridized carbons (Fsp3) is 0.455. The normalized spacial score (nSPS) is 10.2. The molecule has 0 aliphatic heterocycles. The minimum Gasteiger partial charge on any atom is -0.368 e. The van der Waals surface area contributed by atoms with Gasteiger partial charge in [-0.15, -0.1) is 0 Å². The molecular weight excluding hydrogens is 242 g/mol. The molecule has 0 bridgehead atoms. The summed E-state index contributed by atoms with van der Waals surface area (Å²) in [5, 5.41) is 2.74. The van der Waals surface area contributed by atoms with E-state index in [1.165, 1.54) is 11.9 Å². The van der Waals surface area contributed by atoms with Gasteiger partial charge in [0, 0.05) is 19.7 Å². The Kier molecular flexibility index (Phi) is 4.82. The standard InChI is InChI=1S/C11H16F2N4O/c1-3-4-15-10-7(12)5-8(13)11(16-10)17(2)6-9(14)18/h5H,3-4,6H2,1-2H3,(H2,14,18)(H,15,16). The Bertz CT molecular complexity index is 439. The van der Waals surface area contributed by atoms with Gasteiger partial charge in [0.05, 0.1) is 6.54 Å². The smallest absolute Gasteiger partial charge is 0.236 e. The molecule has 1 aromatic heterocycles. The Morgan fingerprint density at radius 1 is 1.50 bits per heavy atom. The van der Waals surface area contributed by atoms with E-state index in [-0.39, 0.29) is 18.2 Å². The third-order valence-electron chi connectivity index (χ3n) is 2.21. The molecule has 1 heterocycles. The quantitative estimate of drug-likeness (QED) is 0.801. The van der Waals surface area contributed by atoms with E-state index in [1.807, 2.05) is 6.92 Å². The number of primary amides is 1. The van der Waals surface area contributed by atoms with Crippen molar-refractivity contribution in [3.05, 3.63) is 17.7 Å². The highest BCUT2D eigenvalue weighted by atomic mass is 19.1. The number of carbonyl (C=O) groups excluding carboxylic acids is 1. The number of carbonyl (C=O) groups is 1. The lowest BCUT2D eigenvalue weighted by atomic mass is 10.3. The zero-order valence-electron chi connectivity index (χ0n) is 10.3. The van der Waals surface area contributed by atoms with Gasteiger partial charge >= 0.3 is 0 Å². The van der Waals surface area contributed by atoms with Crippen LogP contribution in [0.15, 0.2) is 6.07 Å². The molecule has 0 fully saturated rings. The number of hydrogen-bond acceptors (Lipinski definition) is 4. The van der Waals surface area contributed by atoms with Crippen LogP contribution >= 0.6 is 0 Å². The lowest BCUT2D eigenvalue weighted by Gasteiger charge is -2.18. The van der Waals surface area contributed by atoms with E-state index in [1.54, 1.807) is 0 Å². The Balaban J connectivity index is 3.00. The minimum atomic E-state index is -0.835. The topological polar surface area (TPSA) is 71.2 Å². The summed E-state index contributed by atoms with van der Waals surface area (Å²) in [5.74, 6) is -2.38. The first-order chi connectivity index (χ1) is 8.45. The predicted octanol–water partition coefficient (Wildman–Crippen LogP) is 1.10. The summed E-state index contributed by atoms with van der Waals surface area (Å²) >= 11 is 0. The number of halogens is 2. The average molecular weight is 258 g/mol. The Hall–Kier alpha value is -1.92. The molecule has 0 radical (unpaired) electrons. The van der Waals surface area contributed by atoms with Crippen LogP contribution in [0.1, 0.15) is 13.3 Å². The second kappa shape index (κ2) is 6.13. The summed E-state index contributed by atoms with van der Waals surface area (Å²) in [6.45, 7) is 2.24. The summed E-state index contributed by atoms with van der Waals surface area (Å²) in [6, 6.07) is 0.734. The van der Waals surface area contributed by atoms with Crippen molar-refractivity contribution in [2.75, 3.05) is 30.4 Å². The molecule has 18 heavy (non-hydrogen) atoms. The highest BCUT2D eigenvalue weighted by Crippen LogP contribution is 2.21. The van der Waals surface area contributed by atoms with Crippen LogP contribution in [0.3, 0.4) is 0 Å². The Labute approximate surface area is 104 Å². The van der Waals surface area contributed by atoms with Crippen LogP contribution in [0.4, 0.5) is 20.4 Å². The van der Waals surface area contributed by atoms with Gasteiger partial charge < -0.3 is 16.0 Å². The highest BCUT2D eigenvalue weighted by molar-refractivity contribution is 5.79. The number of nitrogens with one attached hydrogen (secondary N) is 1. The zero-order valence-corrected chi connectivity index (χ0v) is 10.3. The minimum absolute atomic E-state index is 0.0374. The first kappa shape index (κ1) is 14.1. The number of aromatic nitrogens is 1. The number of amides is 1. The third-order valence-corrected chi connectivity index (χ3v) is 2.21. The van der Waals surface area contributed by atoms with Gasteiger partial charge in [-0.25, -0.2) is 13.8 Å². The van der Waals surface area contributed by atoms with E-state index in [9.17, 15) is 13.6 Å². The maximum atomic E-state index is 13.5. The van der Waals surface area contributed by atoms with Crippen molar-refractivity contribution in [3.63, 3.8) is 0 Å². The van der Waals surface area contributed by atoms with Crippen LogP contribution in [0.25, 0.3) is 0 Å². The first-order valence-electron chi connectivity index (χ1n) is 5.55. The number of rotatable bonds is 6. The Morgan fingerprint density at radius 2 is 2.17 bits per heavy atom. The van der Waals surface area contributed by atoms with Gasteiger partial charge in [-0.3, -0.25) is 4.79 Å². The molecule has 100 valence electrons. The largest absolute Gasteiger partial charge is 0.368 e. The molecular formula is C11H16F2N4O. The summed E-state index contributed by atoms with van der Waals surface area (Å²) in [6.07, 6.45) is 0.783. The molecule has 0 aliphatic rings. The molecule has 0 unspecified atom stereocenters. The van der Waals surface area contributed by atoms with E-state index in [0.717, 1.165) is 12.5 Å². The molecule has 1 aromatic rings. The van der Waals surface area contributed by atoms with E-state index in [0.29, 0.717) is 6.54 Å². The van der Waals surface area contributed by atoms with E-state index >= 15 is 0 Å². The van der Waals surface area contributed by atoms with Crippen molar-refractivity contribution < 1.29 is 13.6 Å². The van der Waals surface area contributed by atoms with Gasteiger partial charge in [0.2, 0.25) is 5.91 Å². The molecule has 7 heteroatoms. The second-order valence-corrected chi connectivity index (χ2v) is 3.87. The summed E-state index contributed by atoms with van der Waals surface area (Å²) in [5.41, 5.74) is 5.01. The van der Waals surface area contributed by atoms with Crippen molar-refractivity contribution >= 4 is 17.5 Å². The number of nitrogens with zero attached hydrogens (tertiary/aromatic N) is 2. The van der Waals surface area contributed by atoms with Crippen LogP contribution in [-0.4, -0.2) is 31.0 Å². The fourth-order valence-electron chi connectivity index (χ4n) is 1.40. The number of pyridine rings is 1. The van der Waals surface area contributed by atoms with Crippen molar-refractivity contribution in [3.8, 4) is 0 Å². The van der Waals surface area contributed by atoms with Gasteiger partial charge in [-0.1, -0.05) is 6.92 Å². The predicted molar refractivity (Wildman–Crippen MR) is 65.4 cm³/mol. The van der Waals surface area contributed by atoms with Gasteiger partial charge in [0.25, 0.3) is 0 Å². The number of anilines is 2. The molecule has 5 nitrogen and oxygen atoms in total. The van der Waals surface area contributed by atoms with Crippen LogP contribution in [0.2, 0.25) is 0 Å². The van der Waals surface area contributed by atoms with Crippen molar-refractivity contribution in [2.45, 2.75) is 13.3 Å². The van der Waals surface area contributed by atoms with Crippen LogP contribution in [0, 0.1) is 11.6 Å². The molecule has 1 rings (SSSR count). The molecule has 0 aliphatic carbocycles. The second-order valence-electron chi connectivity index (χ2n) is 3.87. The maximum Gasteiger partial charge on any atom is 0.236 e. The summed E-state index contributed by atoms with van der Waals surface area (Å²) in [7, 11) is 1.46. The SMILES string of the molecule is CCCNc1nc(N(C)CC(N)=O)c(F)cc1F. The van der Waals surface area contributed by atoms with E-state index < -0.39 is 17.5 Å². The molecule has 0 atom stereocenters. The lowest BCUT2D eigenvalue weighted by Crippen LogP contribution is -2.32.